The highest BCUT2D eigenvalue weighted by Crippen LogP contribution is 2.24. The summed E-state index contributed by atoms with van der Waals surface area (Å²) in [6.07, 6.45) is 0.836. The van der Waals surface area contributed by atoms with Crippen molar-refractivity contribution in [2.75, 3.05) is 18.2 Å². The number of carbonyl (C=O) groups is 1. The minimum atomic E-state index is -0.125. The van der Waals surface area contributed by atoms with Gasteiger partial charge in [0, 0.05) is 5.69 Å². The molecule has 170 valence electrons. The lowest BCUT2D eigenvalue weighted by molar-refractivity contribution is -0.113. The Labute approximate surface area is 200 Å². The van der Waals surface area contributed by atoms with Gasteiger partial charge < -0.3 is 10.1 Å². The molecule has 4 rings (SSSR count). The second kappa shape index (κ2) is 10.2. The second-order valence-electron chi connectivity index (χ2n) is 7.57. The number of benzene rings is 2. The number of nitrogens with one attached hydrogen (secondary N) is 1. The van der Waals surface area contributed by atoms with Gasteiger partial charge in [0.2, 0.25) is 5.91 Å². The number of fused-ring (bicyclic) bond motifs is 1. The molecule has 0 aliphatic rings. The minimum absolute atomic E-state index is 0.0964. The number of hydrogen-bond acceptors (Lipinski definition) is 6. The van der Waals surface area contributed by atoms with E-state index in [-0.39, 0.29) is 17.2 Å². The SMILES string of the molecule is CCc1cccc(C)c1NC(=O)CSc1nc2ccsc2c(=O)n1Cc1ccc(OC)cc1. The molecular formula is C25H25N3O3S2. The van der Waals surface area contributed by atoms with E-state index in [2.05, 4.69) is 17.2 Å². The standard InChI is InChI=1S/C25H25N3O3S2/c1-4-18-7-5-6-16(2)22(18)27-21(29)15-33-25-26-20-12-13-32-23(20)24(30)28(25)14-17-8-10-19(31-3)11-9-17/h5-13H,4,14-15H2,1-3H3,(H,27,29). The summed E-state index contributed by atoms with van der Waals surface area (Å²) in [5, 5.41) is 5.43. The zero-order valence-electron chi connectivity index (χ0n) is 18.8. The summed E-state index contributed by atoms with van der Waals surface area (Å²) < 4.78 is 7.48. The van der Waals surface area contributed by atoms with Crippen LogP contribution in [0.4, 0.5) is 5.69 Å². The van der Waals surface area contributed by atoms with Gasteiger partial charge in [-0.05, 0) is 53.6 Å². The van der Waals surface area contributed by atoms with Crippen molar-refractivity contribution in [3.8, 4) is 5.75 Å². The van der Waals surface area contributed by atoms with E-state index in [1.54, 1.807) is 11.7 Å². The number of aromatic nitrogens is 2. The summed E-state index contributed by atoms with van der Waals surface area (Å²) in [5.74, 6) is 0.786. The van der Waals surface area contributed by atoms with Gasteiger partial charge in [0.1, 0.15) is 10.4 Å². The molecule has 0 radical (unpaired) electrons. The summed E-state index contributed by atoms with van der Waals surface area (Å²) in [6, 6.07) is 15.4. The van der Waals surface area contributed by atoms with Crippen LogP contribution in [0, 0.1) is 6.92 Å². The van der Waals surface area contributed by atoms with Crippen molar-refractivity contribution in [1.82, 2.24) is 9.55 Å². The van der Waals surface area contributed by atoms with E-state index in [1.807, 2.05) is 60.8 Å². The number of thiophene rings is 1. The molecule has 0 unspecified atom stereocenters. The third kappa shape index (κ3) is 5.12. The van der Waals surface area contributed by atoms with Gasteiger partial charge in [-0.1, -0.05) is 49.0 Å². The third-order valence-electron chi connectivity index (χ3n) is 5.37. The van der Waals surface area contributed by atoms with E-state index in [1.165, 1.54) is 23.1 Å². The number of methoxy groups -OCH3 is 1. The predicted octanol–water partition coefficient (Wildman–Crippen LogP) is 5.12. The van der Waals surface area contributed by atoms with Crippen LogP contribution in [0.5, 0.6) is 5.75 Å². The van der Waals surface area contributed by atoms with E-state index in [0.29, 0.717) is 21.9 Å². The predicted molar refractivity (Wildman–Crippen MR) is 136 cm³/mol. The lowest BCUT2D eigenvalue weighted by atomic mass is 10.1. The van der Waals surface area contributed by atoms with Crippen LogP contribution in [0.1, 0.15) is 23.6 Å². The van der Waals surface area contributed by atoms with Crippen molar-refractivity contribution in [2.45, 2.75) is 32.0 Å². The molecule has 1 amide bonds. The van der Waals surface area contributed by atoms with Crippen molar-refractivity contribution in [3.05, 3.63) is 81.0 Å². The van der Waals surface area contributed by atoms with Crippen LogP contribution in [-0.4, -0.2) is 28.3 Å². The Bertz CT molecular complexity index is 1340. The fraction of sp³-hybridized carbons (Fsp3) is 0.240. The van der Waals surface area contributed by atoms with Gasteiger partial charge in [0.25, 0.3) is 5.56 Å². The lowest BCUT2D eigenvalue weighted by Crippen LogP contribution is -2.24. The first kappa shape index (κ1) is 23.1. The fourth-order valence-corrected chi connectivity index (χ4v) is 5.17. The number of para-hydroxylation sites is 1. The van der Waals surface area contributed by atoms with Crippen LogP contribution in [0.25, 0.3) is 10.2 Å². The molecular weight excluding hydrogens is 454 g/mol. The maximum atomic E-state index is 13.2. The van der Waals surface area contributed by atoms with E-state index in [0.717, 1.165) is 34.5 Å². The molecule has 0 bridgehead atoms. The normalized spacial score (nSPS) is 11.0. The van der Waals surface area contributed by atoms with E-state index in [4.69, 9.17) is 4.74 Å². The monoisotopic (exact) mass is 479 g/mol. The quantitative estimate of drug-likeness (QED) is 0.281. The number of anilines is 1. The van der Waals surface area contributed by atoms with Gasteiger partial charge in [-0.15, -0.1) is 11.3 Å². The van der Waals surface area contributed by atoms with Crippen molar-refractivity contribution >= 4 is 44.9 Å². The Hall–Kier alpha value is -3.10. The van der Waals surface area contributed by atoms with Gasteiger partial charge >= 0.3 is 0 Å². The molecule has 0 saturated carbocycles. The van der Waals surface area contributed by atoms with E-state index < -0.39 is 0 Å². The first-order valence-corrected chi connectivity index (χ1v) is 12.5. The third-order valence-corrected chi connectivity index (χ3v) is 7.24. The number of nitrogens with zero attached hydrogens (tertiary/aromatic N) is 2. The molecule has 2 aromatic carbocycles. The summed E-state index contributed by atoms with van der Waals surface area (Å²) in [4.78, 5) is 30.7. The average Bonchev–Trinajstić information content (AvgIpc) is 3.30. The highest BCUT2D eigenvalue weighted by atomic mass is 32.2. The minimum Gasteiger partial charge on any atom is -0.497 e. The van der Waals surface area contributed by atoms with Crippen molar-refractivity contribution < 1.29 is 9.53 Å². The van der Waals surface area contributed by atoms with Crippen LogP contribution in [0.3, 0.4) is 0 Å². The van der Waals surface area contributed by atoms with Crippen LogP contribution in [0.2, 0.25) is 0 Å². The molecule has 8 heteroatoms. The molecule has 6 nitrogen and oxygen atoms in total. The molecule has 33 heavy (non-hydrogen) atoms. The van der Waals surface area contributed by atoms with Crippen molar-refractivity contribution in [2.24, 2.45) is 0 Å². The Morgan fingerprint density at radius 1 is 1.18 bits per heavy atom. The van der Waals surface area contributed by atoms with Crippen LogP contribution in [0.15, 0.2) is 63.9 Å². The van der Waals surface area contributed by atoms with Gasteiger partial charge in [-0.2, -0.15) is 0 Å². The average molecular weight is 480 g/mol. The fourth-order valence-electron chi connectivity index (χ4n) is 3.59. The largest absolute Gasteiger partial charge is 0.497 e. The van der Waals surface area contributed by atoms with Crippen LogP contribution < -0.4 is 15.6 Å². The zero-order valence-corrected chi connectivity index (χ0v) is 20.4. The topological polar surface area (TPSA) is 73.2 Å². The number of rotatable bonds is 8. The lowest BCUT2D eigenvalue weighted by Gasteiger charge is -2.14. The number of amides is 1. The van der Waals surface area contributed by atoms with E-state index in [9.17, 15) is 9.59 Å². The summed E-state index contributed by atoms with van der Waals surface area (Å²) in [5.41, 5.74) is 4.51. The highest BCUT2D eigenvalue weighted by molar-refractivity contribution is 7.99. The van der Waals surface area contributed by atoms with Gasteiger partial charge in [-0.3, -0.25) is 14.2 Å². The van der Waals surface area contributed by atoms with Gasteiger partial charge in [0.05, 0.1) is 24.9 Å². The molecule has 0 saturated heterocycles. The van der Waals surface area contributed by atoms with Gasteiger partial charge in [0.15, 0.2) is 5.16 Å². The maximum Gasteiger partial charge on any atom is 0.272 e. The van der Waals surface area contributed by atoms with Crippen molar-refractivity contribution in [3.63, 3.8) is 0 Å². The first-order valence-electron chi connectivity index (χ1n) is 10.6. The summed E-state index contributed by atoms with van der Waals surface area (Å²) in [6.45, 7) is 4.42. The van der Waals surface area contributed by atoms with Gasteiger partial charge in [-0.25, -0.2) is 4.98 Å². The highest BCUT2D eigenvalue weighted by Gasteiger charge is 2.16. The zero-order chi connectivity index (χ0) is 23.4. The van der Waals surface area contributed by atoms with Crippen LogP contribution >= 0.6 is 23.1 Å². The smallest absolute Gasteiger partial charge is 0.272 e. The molecule has 0 aliphatic carbocycles. The maximum absolute atomic E-state index is 13.2. The summed E-state index contributed by atoms with van der Waals surface area (Å²) in [7, 11) is 1.62. The molecule has 0 aliphatic heterocycles. The summed E-state index contributed by atoms with van der Waals surface area (Å²) >= 11 is 2.65. The number of ether oxygens (including phenoxy) is 1. The number of hydrogen-bond donors (Lipinski definition) is 1. The number of carbonyl (C=O) groups excluding carboxylic acids is 1. The number of aryl methyl sites for hydroxylation is 2. The number of thioether (sulfide) groups is 1. The molecule has 0 atom stereocenters. The Morgan fingerprint density at radius 3 is 2.70 bits per heavy atom. The first-order chi connectivity index (χ1) is 16.0. The van der Waals surface area contributed by atoms with Crippen LogP contribution in [-0.2, 0) is 17.8 Å². The molecule has 1 N–H and O–H groups in total. The Morgan fingerprint density at radius 2 is 1.97 bits per heavy atom. The Kier molecular flexibility index (Phi) is 7.15. The molecule has 4 aromatic rings. The molecule has 0 fully saturated rings. The molecule has 2 heterocycles. The Balaban J connectivity index is 1.58. The van der Waals surface area contributed by atoms with E-state index >= 15 is 0 Å². The second-order valence-corrected chi connectivity index (χ2v) is 9.43. The molecule has 0 spiro atoms. The van der Waals surface area contributed by atoms with Crippen molar-refractivity contribution in [1.29, 1.82) is 0 Å². The molecule has 2 aromatic heterocycles.